The fourth-order valence-corrected chi connectivity index (χ4v) is 10.4. The van der Waals surface area contributed by atoms with Crippen LogP contribution in [0.5, 0.6) is 17.5 Å². The minimum Gasteiger partial charge on any atom is -0.497 e. The molecule has 5 aromatic rings. The summed E-state index contributed by atoms with van der Waals surface area (Å²) in [4.78, 5) is 34.1. The lowest BCUT2D eigenvalue weighted by Crippen LogP contribution is -2.66. The van der Waals surface area contributed by atoms with Crippen molar-refractivity contribution < 1.29 is 59.6 Å². The van der Waals surface area contributed by atoms with E-state index in [1.54, 1.807) is 91.1 Å². The lowest BCUT2D eigenvalue weighted by Gasteiger charge is -2.50. The first-order valence-electron chi connectivity index (χ1n) is 23.4. The van der Waals surface area contributed by atoms with Crippen LogP contribution in [0.25, 0.3) is 22.2 Å². The lowest BCUT2D eigenvalue weighted by molar-refractivity contribution is -0.137. The van der Waals surface area contributed by atoms with Gasteiger partial charge in [0.2, 0.25) is 0 Å². The monoisotopic (exact) mass is 993 g/mol. The van der Waals surface area contributed by atoms with Crippen LogP contribution in [-0.2, 0) is 33.5 Å². The molecule has 0 saturated carbocycles. The number of fused-ring (bicyclic) bond motifs is 4. The molecule has 0 radical (unpaired) electrons. The van der Waals surface area contributed by atoms with Crippen LogP contribution in [0.4, 0.5) is 42.8 Å². The van der Waals surface area contributed by atoms with Gasteiger partial charge in [-0.25, -0.2) is 22.9 Å². The van der Waals surface area contributed by atoms with Crippen molar-refractivity contribution in [1.29, 1.82) is 0 Å². The minimum absolute atomic E-state index is 0.0107. The highest BCUT2D eigenvalue weighted by Gasteiger charge is 2.53. The number of halogens is 6. The molecule has 71 heavy (non-hydrogen) atoms. The first kappa shape index (κ1) is 49.8. The molecular formula is C51H57F6N7O7. The first-order valence-corrected chi connectivity index (χ1v) is 23.4. The van der Waals surface area contributed by atoms with E-state index in [9.17, 15) is 4.79 Å². The highest BCUT2D eigenvalue weighted by Crippen LogP contribution is 2.46. The van der Waals surface area contributed by atoms with Gasteiger partial charge >= 0.3 is 18.3 Å². The molecule has 4 aliphatic heterocycles. The SMILES string of the molecule is COc1ccc(CN(Cc2ccc(OC)cc2)c2cc(C)c(C(F)(F)F)c(-c3c(F)cc4c(N5C6COCC5CN(C(=O)OC(C)(C)C)C6)nc(OCC56CC(F)CN5CC(OC)C6)nc4c3F)n2)cc1. The van der Waals surface area contributed by atoms with E-state index in [2.05, 4.69) is 9.97 Å². The van der Waals surface area contributed by atoms with Gasteiger partial charge in [-0.3, -0.25) is 4.90 Å². The molecule has 1 amide bonds. The van der Waals surface area contributed by atoms with Gasteiger partial charge in [0.1, 0.15) is 52.8 Å². The van der Waals surface area contributed by atoms with Gasteiger partial charge in [-0.15, -0.1) is 0 Å². The van der Waals surface area contributed by atoms with Gasteiger partial charge in [-0.1, -0.05) is 24.3 Å². The summed E-state index contributed by atoms with van der Waals surface area (Å²) in [6.45, 7) is 7.56. The quantitative estimate of drug-likeness (QED) is 0.104. The number of aromatic nitrogens is 3. The number of aryl methyl sites for hydroxylation is 1. The maximum absolute atomic E-state index is 17.9. The Morgan fingerprint density at radius 1 is 0.845 bits per heavy atom. The second kappa shape index (κ2) is 19.5. The average Bonchev–Trinajstić information content (AvgIpc) is 3.81. The number of ether oxygens (including phenoxy) is 6. The number of hydrogen-bond acceptors (Lipinski definition) is 13. The maximum atomic E-state index is 17.9. The summed E-state index contributed by atoms with van der Waals surface area (Å²) in [5.74, 6) is -1.57. The van der Waals surface area contributed by atoms with Crippen LogP contribution in [0.2, 0.25) is 0 Å². The lowest BCUT2D eigenvalue weighted by atomic mass is 9.94. The minimum atomic E-state index is -5.12. The zero-order chi connectivity index (χ0) is 50.6. The first-order chi connectivity index (χ1) is 33.8. The normalized spacial score (nSPS) is 22.4. The molecule has 4 fully saturated rings. The van der Waals surface area contributed by atoms with Crippen molar-refractivity contribution >= 4 is 28.6 Å². The van der Waals surface area contributed by atoms with E-state index in [0.717, 1.165) is 17.2 Å². The Balaban J connectivity index is 1.19. The number of carbonyl (C=O) groups is 1. The highest BCUT2D eigenvalue weighted by atomic mass is 19.4. The van der Waals surface area contributed by atoms with E-state index in [0.29, 0.717) is 24.5 Å². The van der Waals surface area contributed by atoms with Gasteiger partial charge in [0.25, 0.3) is 0 Å². The fourth-order valence-electron chi connectivity index (χ4n) is 10.4. The third-order valence-electron chi connectivity index (χ3n) is 13.6. The van der Waals surface area contributed by atoms with E-state index in [-0.39, 0.29) is 93.7 Å². The van der Waals surface area contributed by atoms with Crippen LogP contribution in [-0.4, -0.2) is 134 Å². The summed E-state index contributed by atoms with van der Waals surface area (Å²) >= 11 is 0. The number of amides is 1. The van der Waals surface area contributed by atoms with Crippen LogP contribution < -0.4 is 24.0 Å². The largest absolute Gasteiger partial charge is 0.497 e. The van der Waals surface area contributed by atoms with Gasteiger partial charge in [-0.05, 0) is 87.2 Å². The summed E-state index contributed by atoms with van der Waals surface area (Å²) in [6.07, 6.45) is -6.47. The molecule has 9 rings (SSSR count). The number of nitrogens with zero attached hydrogens (tertiary/aromatic N) is 7. The second-order valence-electron chi connectivity index (χ2n) is 19.8. The molecule has 4 aliphatic rings. The van der Waals surface area contributed by atoms with Crippen molar-refractivity contribution in [1.82, 2.24) is 24.8 Å². The number of alkyl halides is 4. The molecule has 2 aromatic heterocycles. The number of carbonyl (C=O) groups excluding carboxylic acids is 1. The van der Waals surface area contributed by atoms with E-state index < -0.39 is 75.6 Å². The molecular weight excluding hydrogens is 937 g/mol. The number of rotatable bonds is 13. The Bertz CT molecular complexity index is 2700. The van der Waals surface area contributed by atoms with Crippen molar-refractivity contribution in [3.05, 3.63) is 94.6 Å². The van der Waals surface area contributed by atoms with Crippen LogP contribution >= 0.6 is 0 Å². The van der Waals surface area contributed by atoms with Crippen molar-refractivity contribution in [2.45, 2.75) is 95.3 Å². The topological polar surface area (TPSA) is 124 Å². The zero-order valence-corrected chi connectivity index (χ0v) is 40.6. The molecule has 0 aliphatic carbocycles. The molecule has 4 saturated heterocycles. The predicted octanol–water partition coefficient (Wildman–Crippen LogP) is 8.93. The Hall–Kier alpha value is -6.12. The molecule has 5 unspecified atom stereocenters. The van der Waals surface area contributed by atoms with E-state index in [4.69, 9.17) is 33.4 Å². The maximum Gasteiger partial charge on any atom is 0.418 e. The molecule has 3 aromatic carbocycles. The van der Waals surface area contributed by atoms with E-state index in [1.165, 1.54) is 27.2 Å². The molecule has 14 nitrogen and oxygen atoms in total. The van der Waals surface area contributed by atoms with E-state index in [1.807, 2.05) is 4.90 Å². The number of morpholine rings is 1. The van der Waals surface area contributed by atoms with Crippen LogP contribution in [0, 0.1) is 18.6 Å². The molecule has 20 heteroatoms. The Labute approximate surface area is 407 Å². The summed E-state index contributed by atoms with van der Waals surface area (Å²) < 4.78 is 131. The smallest absolute Gasteiger partial charge is 0.418 e. The number of piperazine rings is 1. The summed E-state index contributed by atoms with van der Waals surface area (Å²) in [5, 5.41) is -0.161. The van der Waals surface area contributed by atoms with Crippen molar-refractivity contribution in [2.75, 3.05) is 77.1 Å². The Morgan fingerprint density at radius 2 is 1.46 bits per heavy atom. The summed E-state index contributed by atoms with van der Waals surface area (Å²) in [7, 11) is 4.63. The highest BCUT2D eigenvalue weighted by molar-refractivity contribution is 5.94. The van der Waals surface area contributed by atoms with Gasteiger partial charge < -0.3 is 43.1 Å². The van der Waals surface area contributed by atoms with Crippen LogP contribution in [0.15, 0.2) is 60.7 Å². The summed E-state index contributed by atoms with van der Waals surface area (Å²) in [5.41, 5.74) is -4.34. The van der Waals surface area contributed by atoms with E-state index >= 15 is 26.3 Å². The van der Waals surface area contributed by atoms with Crippen molar-refractivity contribution in [3.63, 3.8) is 0 Å². The van der Waals surface area contributed by atoms with Gasteiger partial charge in [0, 0.05) is 58.2 Å². The molecule has 6 heterocycles. The number of methoxy groups -OCH3 is 3. The van der Waals surface area contributed by atoms with Gasteiger partial charge in [0.05, 0.1) is 68.0 Å². The number of anilines is 2. The molecule has 0 N–H and O–H groups in total. The number of hydrogen-bond donors (Lipinski definition) is 0. The predicted molar refractivity (Wildman–Crippen MR) is 252 cm³/mol. The third kappa shape index (κ3) is 10.2. The fraction of sp³-hybridized carbons (Fsp3) is 0.490. The number of benzene rings is 3. The second-order valence-corrected chi connectivity index (χ2v) is 19.8. The Kier molecular flexibility index (Phi) is 13.7. The molecule has 380 valence electrons. The van der Waals surface area contributed by atoms with Crippen LogP contribution in [0.3, 0.4) is 0 Å². The van der Waals surface area contributed by atoms with Crippen molar-refractivity contribution in [2.24, 2.45) is 0 Å². The van der Waals surface area contributed by atoms with Gasteiger partial charge in [0.15, 0.2) is 5.82 Å². The molecule has 2 bridgehead atoms. The standard InChI is InChI=1S/C51H57F6N7O7/c1-29-16-40(61(20-30-8-12-35(66-5)13-9-30)21-31-10-14-36(67-6)15-11-31)58-45(42(29)51(55,56)57)41-39(53)17-38-44(43(41)54)59-47(70-28-50-18-32(52)22-63(50)25-37(19-50)68-7)60-46(38)64-33-23-62(24-34(64)27-69-26-33)48(65)71-49(2,3)4/h8-17,32-34,37H,18-28H2,1-7H3. The molecule has 5 atom stereocenters. The summed E-state index contributed by atoms with van der Waals surface area (Å²) in [6, 6.07) is 14.8. The molecule has 0 spiro atoms. The van der Waals surface area contributed by atoms with Crippen molar-refractivity contribution in [3.8, 4) is 28.8 Å². The average molecular weight is 994 g/mol. The van der Waals surface area contributed by atoms with Crippen LogP contribution in [0.1, 0.15) is 55.9 Å². The zero-order valence-electron chi connectivity index (χ0n) is 40.6. The third-order valence-corrected chi connectivity index (χ3v) is 13.6. The van der Waals surface area contributed by atoms with Gasteiger partial charge in [-0.2, -0.15) is 23.1 Å². The Morgan fingerprint density at radius 3 is 2.03 bits per heavy atom. The number of pyridine rings is 1.